The van der Waals surface area contributed by atoms with E-state index in [0.717, 1.165) is 17.6 Å². The van der Waals surface area contributed by atoms with Gasteiger partial charge >= 0.3 is 0 Å². The smallest absolute Gasteiger partial charge is 0.0807 e. The van der Waals surface area contributed by atoms with Gasteiger partial charge in [-0.3, -0.25) is 9.98 Å². The molecule has 3 aliphatic rings. The van der Waals surface area contributed by atoms with Crippen molar-refractivity contribution in [3.63, 3.8) is 0 Å². The fraction of sp³-hybridized carbons (Fsp3) is 0.414. The topological polar surface area (TPSA) is 24.7 Å². The Kier molecular flexibility index (Phi) is 6.39. The summed E-state index contributed by atoms with van der Waals surface area (Å²) in [6.07, 6.45) is 13.5. The average Bonchev–Trinajstić information content (AvgIpc) is 3.66. The number of hydrogen-bond acceptors (Lipinski definition) is 2. The highest BCUT2D eigenvalue weighted by Crippen LogP contribution is 2.48. The van der Waals surface area contributed by atoms with Gasteiger partial charge in [0.1, 0.15) is 0 Å². The van der Waals surface area contributed by atoms with E-state index >= 15 is 0 Å². The van der Waals surface area contributed by atoms with Gasteiger partial charge in [-0.1, -0.05) is 55.7 Å². The summed E-state index contributed by atoms with van der Waals surface area (Å²) in [5.41, 5.74) is 10.3. The summed E-state index contributed by atoms with van der Waals surface area (Å²) in [7, 11) is 0. The molecule has 4 unspecified atom stereocenters. The van der Waals surface area contributed by atoms with Crippen molar-refractivity contribution < 1.29 is 0 Å². The Bertz CT molecular complexity index is 1020. The van der Waals surface area contributed by atoms with Crippen molar-refractivity contribution in [3.05, 3.63) is 83.8 Å². The van der Waals surface area contributed by atoms with E-state index in [1.165, 1.54) is 41.8 Å². The van der Waals surface area contributed by atoms with Crippen molar-refractivity contribution in [2.45, 2.75) is 52.5 Å². The van der Waals surface area contributed by atoms with Crippen LogP contribution in [0.3, 0.4) is 0 Å². The molecule has 0 N–H and O–H groups in total. The lowest BCUT2D eigenvalue weighted by molar-refractivity contribution is 0.552. The minimum atomic E-state index is 0.0324. The molecule has 2 saturated carbocycles. The van der Waals surface area contributed by atoms with Gasteiger partial charge in [-0.2, -0.15) is 0 Å². The highest BCUT2D eigenvalue weighted by molar-refractivity contribution is 5.89. The lowest BCUT2D eigenvalue weighted by Gasteiger charge is -2.13. The zero-order valence-corrected chi connectivity index (χ0v) is 19.1. The van der Waals surface area contributed by atoms with E-state index in [-0.39, 0.29) is 6.04 Å². The van der Waals surface area contributed by atoms with E-state index in [2.05, 4.69) is 82.2 Å². The van der Waals surface area contributed by atoms with Gasteiger partial charge in [0.2, 0.25) is 0 Å². The first-order chi connectivity index (χ1) is 15.0. The van der Waals surface area contributed by atoms with Gasteiger partial charge in [-0.15, -0.1) is 5.73 Å². The van der Waals surface area contributed by atoms with Gasteiger partial charge in [0, 0.05) is 35.0 Å². The number of hydrogen-bond donors (Lipinski definition) is 0. The first kappa shape index (κ1) is 21.5. The van der Waals surface area contributed by atoms with Crippen LogP contribution in [0.25, 0.3) is 5.57 Å². The lowest BCUT2D eigenvalue weighted by atomic mass is 9.92. The lowest BCUT2D eigenvalue weighted by Crippen LogP contribution is -2.12. The molecule has 0 saturated heterocycles. The Morgan fingerprint density at radius 1 is 1.26 bits per heavy atom. The molecule has 1 aromatic carbocycles. The molecule has 0 bridgehead atoms. The molecule has 0 aromatic heterocycles. The number of benzene rings is 1. The zero-order valence-electron chi connectivity index (χ0n) is 19.1. The Hall–Kier alpha value is -2.70. The summed E-state index contributed by atoms with van der Waals surface area (Å²) in [5, 5.41) is 0. The highest BCUT2D eigenvalue weighted by Gasteiger charge is 2.44. The molecular formula is C29H34N2. The van der Waals surface area contributed by atoms with Crippen molar-refractivity contribution in [1.29, 1.82) is 0 Å². The van der Waals surface area contributed by atoms with Crippen LogP contribution in [0.1, 0.15) is 51.2 Å². The summed E-state index contributed by atoms with van der Waals surface area (Å²) < 4.78 is 0. The van der Waals surface area contributed by atoms with Crippen LogP contribution in [0.5, 0.6) is 0 Å². The molecule has 1 aromatic rings. The van der Waals surface area contributed by atoms with Crippen LogP contribution in [0.15, 0.2) is 82.6 Å². The third-order valence-corrected chi connectivity index (χ3v) is 6.99. The Morgan fingerprint density at radius 3 is 2.74 bits per heavy atom. The second-order valence-electron chi connectivity index (χ2n) is 9.24. The van der Waals surface area contributed by atoms with Crippen LogP contribution in [0.4, 0.5) is 0 Å². The molecule has 2 heteroatoms. The predicted molar refractivity (Wildman–Crippen MR) is 134 cm³/mol. The maximum atomic E-state index is 5.03. The summed E-state index contributed by atoms with van der Waals surface area (Å²) >= 11 is 0. The van der Waals surface area contributed by atoms with Gasteiger partial charge in [-0.05, 0) is 75.0 Å². The zero-order chi connectivity index (χ0) is 22.0. The maximum absolute atomic E-state index is 5.03. The molecule has 160 valence electrons. The van der Waals surface area contributed by atoms with E-state index in [0.29, 0.717) is 23.7 Å². The minimum Gasteiger partial charge on any atom is -0.286 e. The molecule has 2 nitrogen and oxygen atoms in total. The third kappa shape index (κ3) is 4.97. The molecular weight excluding hydrogens is 376 g/mol. The van der Waals surface area contributed by atoms with Crippen LogP contribution in [-0.2, 0) is 6.42 Å². The normalized spacial score (nSPS) is 26.9. The average molecular weight is 411 g/mol. The standard InChI is InChI=1S/C29H34N2/c1-6-22(18-30-29(7-2)23-14-15-23)20(4)31-21(5)27-17-28(27)25-13-12-19(3)26-11-9-8-10-24(26)16-25/h7-13,18,20,23,25,27-28H,1,3,14-17H2,2,4-5H3. The van der Waals surface area contributed by atoms with E-state index in [1.807, 2.05) is 6.21 Å². The number of aliphatic imine (C=N–C) groups is 2. The van der Waals surface area contributed by atoms with Crippen molar-refractivity contribution in [2.75, 3.05) is 0 Å². The maximum Gasteiger partial charge on any atom is 0.0807 e. The Balaban J connectivity index is 1.41. The van der Waals surface area contributed by atoms with Crippen molar-refractivity contribution in [3.8, 4) is 0 Å². The summed E-state index contributed by atoms with van der Waals surface area (Å²) in [4.78, 5) is 9.73. The van der Waals surface area contributed by atoms with Gasteiger partial charge in [0.25, 0.3) is 0 Å². The summed E-state index contributed by atoms with van der Waals surface area (Å²) in [6, 6.07) is 8.72. The number of allylic oxidation sites excluding steroid dienone is 5. The number of rotatable bonds is 7. The van der Waals surface area contributed by atoms with Crippen LogP contribution in [-0.4, -0.2) is 18.0 Å². The predicted octanol–water partition coefficient (Wildman–Crippen LogP) is 7.01. The van der Waals surface area contributed by atoms with Crippen molar-refractivity contribution >= 4 is 17.5 Å². The van der Waals surface area contributed by atoms with E-state index in [9.17, 15) is 0 Å². The van der Waals surface area contributed by atoms with Gasteiger partial charge < -0.3 is 0 Å². The first-order valence-corrected chi connectivity index (χ1v) is 11.6. The van der Waals surface area contributed by atoms with Crippen LogP contribution >= 0.6 is 0 Å². The van der Waals surface area contributed by atoms with Crippen LogP contribution in [0, 0.1) is 23.7 Å². The molecule has 0 radical (unpaired) electrons. The van der Waals surface area contributed by atoms with Crippen molar-refractivity contribution in [2.24, 2.45) is 33.7 Å². The largest absolute Gasteiger partial charge is 0.286 e. The van der Waals surface area contributed by atoms with Gasteiger partial charge in [0.15, 0.2) is 0 Å². The summed E-state index contributed by atoms with van der Waals surface area (Å²) in [5.74, 6) is 2.43. The Labute approximate surface area is 187 Å². The quantitative estimate of drug-likeness (QED) is 0.341. The van der Waals surface area contributed by atoms with Gasteiger partial charge in [-0.25, -0.2) is 0 Å². The van der Waals surface area contributed by atoms with Crippen LogP contribution < -0.4 is 0 Å². The molecule has 4 atom stereocenters. The number of nitrogens with zero attached hydrogens (tertiary/aromatic N) is 2. The summed E-state index contributed by atoms with van der Waals surface area (Å²) in [6.45, 7) is 14.5. The number of fused-ring (bicyclic) bond motifs is 1. The fourth-order valence-corrected chi connectivity index (χ4v) is 4.84. The van der Waals surface area contributed by atoms with E-state index in [1.54, 1.807) is 0 Å². The molecule has 0 amide bonds. The Morgan fingerprint density at radius 2 is 2.03 bits per heavy atom. The van der Waals surface area contributed by atoms with E-state index in [4.69, 9.17) is 9.98 Å². The molecule has 0 heterocycles. The second kappa shape index (κ2) is 9.20. The minimum absolute atomic E-state index is 0.0324. The molecule has 0 spiro atoms. The van der Waals surface area contributed by atoms with E-state index < -0.39 is 0 Å². The molecule has 0 aliphatic heterocycles. The molecule has 3 aliphatic carbocycles. The first-order valence-electron chi connectivity index (χ1n) is 11.6. The highest BCUT2D eigenvalue weighted by atomic mass is 14.8. The molecule has 4 rings (SSSR count). The van der Waals surface area contributed by atoms with Crippen LogP contribution in [0.2, 0.25) is 0 Å². The monoisotopic (exact) mass is 410 g/mol. The van der Waals surface area contributed by atoms with Crippen molar-refractivity contribution in [1.82, 2.24) is 0 Å². The second-order valence-corrected chi connectivity index (χ2v) is 9.24. The molecule has 2 fully saturated rings. The van der Waals surface area contributed by atoms with Gasteiger partial charge in [0.05, 0.1) is 6.04 Å². The SMILES string of the molecule is C=C=C(C=NC(=CC)C1CC1)C(C)N=C(C)C1CC1C1C=CC(=C)c2ccccc2C1. The third-order valence-electron chi connectivity index (χ3n) is 6.99. The molecule has 31 heavy (non-hydrogen) atoms. The fourth-order valence-electron chi connectivity index (χ4n) is 4.84.